The van der Waals surface area contributed by atoms with Gasteiger partial charge in [-0.15, -0.1) is 0 Å². The van der Waals surface area contributed by atoms with Crippen molar-refractivity contribution in [2.24, 2.45) is 4.99 Å². The van der Waals surface area contributed by atoms with Gasteiger partial charge in [-0.05, 0) is 0 Å². The SMILES string of the molecule is C=Nc1nc[nH]c1[CH]=[Rh]. The van der Waals surface area contributed by atoms with Gasteiger partial charge in [-0.25, -0.2) is 0 Å². The van der Waals surface area contributed by atoms with Gasteiger partial charge in [0.2, 0.25) is 0 Å². The molecule has 0 saturated heterocycles. The second kappa shape index (κ2) is 2.78. The van der Waals surface area contributed by atoms with E-state index in [2.05, 4.69) is 39.5 Å². The molecule has 0 aliphatic heterocycles. The number of nitrogens with one attached hydrogen (secondary N) is 1. The van der Waals surface area contributed by atoms with Crippen molar-refractivity contribution in [2.75, 3.05) is 0 Å². The van der Waals surface area contributed by atoms with Crippen molar-refractivity contribution in [3.63, 3.8) is 0 Å². The van der Waals surface area contributed by atoms with Gasteiger partial charge in [0.1, 0.15) is 0 Å². The summed E-state index contributed by atoms with van der Waals surface area (Å²) in [6.45, 7) is 3.35. The number of aromatic amines is 1. The summed E-state index contributed by atoms with van der Waals surface area (Å²) >= 11 is 2.64. The van der Waals surface area contributed by atoms with Crippen molar-refractivity contribution in [3.8, 4) is 0 Å². The van der Waals surface area contributed by atoms with Crippen LogP contribution in [-0.4, -0.2) is 21.3 Å². The van der Waals surface area contributed by atoms with E-state index in [1.807, 2.05) is 0 Å². The summed E-state index contributed by atoms with van der Waals surface area (Å²) in [5, 5.41) is 0. The van der Waals surface area contributed by atoms with E-state index in [0.29, 0.717) is 5.82 Å². The zero-order chi connectivity index (χ0) is 6.69. The van der Waals surface area contributed by atoms with Crippen LogP contribution in [0.25, 0.3) is 0 Å². The molecule has 0 fully saturated rings. The second-order valence-corrected chi connectivity index (χ2v) is 1.87. The zero-order valence-electron chi connectivity index (χ0n) is 4.59. The number of aromatic nitrogens is 2. The number of H-pyrrole nitrogens is 1. The molecule has 4 heteroatoms. The Morgan fingerprint density at radius 1 is 1.89 bits per heavy atom. The van der Waals surface area contributed by atoms with E-state index in [1.165, 1.54) is 0 Å². The Balaban J connectivity index is 3.12. The van der Waals surface area contributed by atoms with Crippen LogP contribution in [0.4, 0.5) is 5.82 Å². The zero-order valence-corrected chi connectivity index (χ0v) is 6.23. The van der Waals surface area contributed by atoms with Gasteiger partial charge in [0.15, 0.2) is 0 Å². The summed E-state index contributed by atoms with van der Waals surface area (Å²) in [6, 6.07) is 0. The van der Waals surface area contributed by atoms with Crippen LogP contribution in [0, 0.1) is 0 Å². The van der Waals surface area contributed by atoms with Gasteiger partial charge in [-0.3, -0.25) is 0 Å². The molecule has 1 N–H and O–H groups in total. The molecular weight excluding hydrogens is 205 g/mol. The second-order valence-electron chi connectivity index (χ2n) is 1.39. The van der Waals surface area contributed by atoms with Crippen LogP contribution in [0.5, 0.6) is 0 Å². The normalized spacial score (nSPS) is 9.00. The van der Waals surface area contributed by atoms with Gasteiger partial charge in [0.05, 0.1) is 0 Å². The molecular formula is C5H5N3Rh. The molecule has 0 atom stereocenters. The maximum atomic E-state index is 3.87. The molecule has 3 nitrogen and oxygen atoms in total. The number of imidazole rings is 1. The van der Waals surface area contributed by atoms with E-state index < -0.39 is 0 Å². The van der Waals surface area contributed by atoms with Crippen molar-refractivity contribution in [1.82, 2.24) is 9.97 Å². The molecule has 9 heavy (non-hydrogen) atoms. The first-order chi connectivity index (χ1) is 4.38. The molecule has 1 heterocycles. The number of rotatable bonds is 2. The van der Waals surface area contributed by atoms with E-state index in [1.54, 1.807) is 10.9 Å². The van der Waals surface area contributed by atoms with E-state index in [9.17, 15) is 0 Å². The van der Waals surface area contributed by atoms with Gasteiger partial charge >= 0.3 is 62.0 Å². The van der Waals surface area contributed by atoms with Crippen molar-refractivity contribution < 1.29 is 17.9 Å². The predicted molar refractivity (Wildman–Crippen MR) is 33.0 cm³/mol. The van der Waals surface area contributed by atoms with Crippen molar-refractivity contribution >= 4 is 17.1 Å². The van der Waals surface area contributed by atoms with Crippen LogP contribution < -0.4 is 0 Å². The minimum absolute atomic E-state index is 0.637. The van der Waals surface area contributed by atoms with Gasteiger partial charge < -0.3 is 0 Å². The van der Waals surface area contributed by atoms with E-state index in [0.717, 1.165) is 5.69 Å². The summed E-state index contributed by atoms with van der Waals surface area (Å²) in [6.07, 6.45) is 1.58. The third-order valence-electron chi connectivity index (χ3n) is 0.894. The van der Waals surface area contributed by atoms with Crippen LogP contribution in [0.1, 0.15) is 5.69 Å². The molecule has 0 saturated carbocycles. The maximum absolute atomic E-state index is 3.87. The summed E-state index contributed by atoms with van der Waals surface area (Å²) in [5.41, 5.74) is 0.872. The molecule has 1 aromatic heterocycles. The van der Waals surface area contributed by atoms with Crippen LogP contribution in [0.15, 0.2) is 11.3 Å². The molecule has 49 valence electrons. The number of aliphatic imine (C=N–C) groups is 1. The van der Waals surface area contributed by atoms with E-state index in [4.69, 9.17) is 0 Å². The van der Waals surface area contributed by atoms with Crippen LogP contribution in [0.3, 0.4) is 0 Å². The molecule has 0 unspecified atom stereocenters. The van der Waals surface area contributed by atoms with Gasteiger partial charge in [-0.2, -0.15) is 0 Å². The molecule has 0 spiro atoms. The number of hydrogen-bond acceptors (Lipinski definition) is 2. The Morgan fingerprint density at radius 2 is 2.67 bits per heavy atom. The van der Waals surface area contributed by atoms with Crippen LogP contribution in [0.2, 0.25) is 0 Å². The third kappa shape index (κ3) is 1.19. The average Bonchev–Trinajstić information content (AvgIpc) is 2.33. The van der Waals surface area contributed by atoms with E-state index >= 15 is 0 Å². The van der Waals surface area contributed by atoms with Crippen LogP contribution in [-0.2, 0) is 17.9 Å². The van der Waals surface area contributed by atoms with Crippen molar-refractivity contribution in [3.05, 3.63) is 12.0 Å². The predicted octanol–water partition coefficient (Wildman–Crippen LogP) is 0.439. The summed E-state index contributed by atoms with van der Waals surface area (Å²) < 4.78 is 1.79. The molecule has 0 aliphatic rings. The fraction of sp³-hybridized carbons (Fsp3) is 0. The average molecular weight is 210 g/mol. The van der Waals surface area contributed by atoms with Crippen LogP contribution >= 0.6 is 0 Å². The van der Waals surface area contributed by atoms with Gasteiger partial charge in [0, 0.05) is 0 Å². The number of hydrogen-bond donors (Lipinski definition) is 1. The molecule has 1 aromatic rings. The minimum atomic E-state index is 0.637. The summed E-state index contributed by atoms with van der Waals surface area (Å²) in [5.74, 6) is 0.637. The monoisotopic (exact) mass is 210 g/mol. The first kappa shape index (κ1) is 6.49. The summed E-state index contributed by atoms with van der Waals surface area (Å²) in [7, 11) is 0. The van der Waals surface area contributed by atoms with Crippen molar-refractivity contribution in [2.45, 2.75) is 0 Å². The molecule has 0 aromatic carbocycles. The topological polar surface area (TPSA) is 41.0 Å². The standard InChI is InChI=1S/C5H5N3.Rh/c1-4-5(6-2)8-3-7-4;/h1,3H,2H2,(H,7,8);. The Labute approximate surface area is 62.4 Å². The number of nitrogens with zero attached hydrogens (tertiary/aromatic N) is 2. The molecule has 0 amide bonds. The molecule has 0 radical (unpaired) electrons. The van der Waals surface area contributed by atoms with Crippen molar-refractivity contribution in [1.29, 1.82) is 0 Å². The third-order valence-corrected chi connectivity index (χ3v) is 1.37. The van der Waals surface area contributed by atoms with E-state index in [-0.39, 0.29) is 0 Å². The fourth-order valence-electron chi connectivity index (χ4n) is 0.494. The Morgan fingerprint density at radius 3 is 3.11 bits per heavy atom. The Bertz CT molecular complexity index is 205. The molecule has 1 rings (SSSR count). The first-order valence-corrected chi connectivity index (χ1v) is 3.24. The molecule has 0 aliphatic carbocycles. The fourth-order valence-corrected chi connectivity index (χ4v) is 0.842. The first-order valence-electron chi connectivity index (χ1n) is 2.29. The Hall–Kier alpha value is -0.627. The quantitative estimate of drug-likeness (QED) is 0.558. The van der Waals surface area contributed by atoms with Gasteiger partial charge in [-0.1, -0.05) is 0 Å². The summed E-state index contributed by atoms with van der Waals surface area (Å²) in [4.78, 5) is 10.4. The molecule has 0 bridgehead atoms. The Kier molecular flexibility index (Phi) is 2.01. The van der Waals surface area contributed by atoms with Gasteiger partial charge in [0.25, 0.3) is 0 Å².